The molecule has 0 aliphatic carbocycles. The molecule has 0 bridgehead atoms. The Labute approximate surface area is 174 Å². The molecular weight excluding hydrogens is 374 g/mol. The van der Waals surface area contributed by atoms with Gasteiger partial charge in [0, 0.05) is 38.8 Å². The molecule has 7 heteroatoms. The van der Waals surface area contributed by atoms with Crippen molar-refractivity contribution >= 4 is 14.7 Å². The fourth-order valence-electron chi connectivity index (χ4n) is 3.22. The second-order valence-electron chi connectivity index (χ2n) is 7.18. The Kier molecular flexibility index (Phi) is 18.2. The Morgan fingerprint density at radius 3 is 2.00 bits per heavy atom. The van der Waals surface area contributed by atoms with Crippen LogP contribution >= 0.6 is 0 Å². The molecule has 0 aliphatic heterocycles. The number of rotatable bonds is 20. The molecule has 0 saturated carbocycles. The number of hydrogen-bond acceptors (Lipinski definition) is 5. The summed E-state index contributed by atoms with van der Waals surface area (Å²) in [5.74, 6) is -0.00140. The van der Waals surface area contributed by atoms with E-state index in [-0.39, 0.29) is 12.0 Å². The van der Waals surface area contributed by atoms with Crippen molar-refractivity contribution in [2.75, 3.05) is 26.4 Å². The molecule has 1 atom stereocenters. The van der Waals surface area contributed by atoms with Crippen LogP contribution in [0.25, 0.3) is 0 Å². The van der Waals surface area contributed by atoms with E-state index in [9.17, 15) is 9.90 Å². The van der Waals surface area contributed by atoms with Crippen LogP contribution in [0, 0.1) is 0 Å². The first-order valence-corrected chi connectivity index (χ1v) is 13.3. The van der Waals surface area contributed by atoms with E-state index in [4.69, 9.17) is 13.3 Å². The summed E-state index contributed by atoms with van der Waals surface area (Å²) >= 11 is 0. The number of amides is 1. The quantitative estimate of drug-likeness (QED) is 0.225. The molecule has 1 amide bonds. The van der Waals surface area contributed by atoms with E-state index in [2.05, 4.69) is 12.2 Å². The van der Waals surface area contributed by atoms with Gasteiger partial charge in [0.15, 0.2) is 0 Å². The van der Waals surface area contributed by atoms with Crippen molar-refractivity contribution in [2.24, 2.45) is 0 Å². The van der Waals surface area contributed by atoms with Crippen LogP contribution < -0.4 is 5.32 Å². The zero-order chi connectivity index (χ0) is 21.1. The van der Waals surface area contributed by atoms with Crippen molar-refractivity contribution in [1.82, 2.24) is 5.32 Å². The van der Waals surface area contributed by atoms with Gasteiger partial charge in [0.1, 0.15) is 0 Å². The first kappa shape index (κ1) is 27.5. The Hall–Kier alpha value is -0.473. The molecule has 0 fully saturated rings. The minimum atomic E-state index is -2.62. The summed E-state index contributed by atoms with van der Waals surface area (Å²) in [7, 11) is -2.62. The summed E-state index contributed by atoms with van der Waals surface area (Å²) in [5, 5.41) is 13.0. The van der Waals surface area contributed by atoms with E-state index in [0.717, 1.165) is 19.3 Å². The number of carbonyl (C=O) groups is 1. The molecule has 2 N–H and O–H groups in total. The molecule has 0 aromatic rings. The average Bonchev–Trinajstić information content (AvgIpc) is 2.67. The van der Waals surface area contributed by atoms with Gasteiger partial charge in [0.25, 0.3) is 0 Å². The molecule has 0 radical (unpaired) electrons. The van der Waals surface area contributed by atoms with Crippen LogP contribution in [0.5, 0.6) is 0 Å². The van der Waals surface area contributed by atoms with Crippen LogP contribution in [0.1, 0.15) is 91.9 Å². The van der Waals surface area contributed by atoms with E-state index in [0.29, 0.717) is 45.3 Å². The largest absolute Gasteiger partial charge is 0.500 e. The first-order valence-electron chi connectivity index (χ1n) is 11.4. The molecule has 0 rings (SSSR count). The second kappa shape index (κ2) is 18.5. The van der Waals surface area contributed by atoms with Gasteiger partial charge >= 0.3 is 8.80 Å². The fraction of sp³-hybridized carbons (Fsp3) is 0.952. The van der Waals surface area contributed by atoms with Crippen LogP contribution in [-0.2, 0) is 18.1 Å². The van der Waals surface area contributed by atoms with Gasteiger partial charge in [-0.15, -0.1) is 0 Å². The SMILES string of the molecule is CCCCCCCCC(O)CCC(=O)NCCC[Si](OCC)(OCC)OCC. The molecule has 0 aromatic heterocycles. The highest BCUT2D eigenvalue weighted by atomic mass is 28.4. The molecular formula is C21H45NO5Si. The maximum Gasteiger partial charge on any atom is 0.500 e. The van der Waals surface area contributed by atoms with Gasteiger partial charge in [-0.1, -0.05) is 45.4 Å². The van der Waals surface area contributed by atoms with E-state index < -0.39 is 8.80 Å². The summed E-state index contributed by atoms with van der Waals surface area (Å²) in [5.41, 5.74) is 0. The van der Waals surface area contributed by atoms with Gasteiger partial charge in [0.05, 0.1) is 6.10 Å². The van der Waals surface area contributed by atoms with Gasteiger partial charge in [-0.3, -0.25) is 4.79 Å². The molecule has 0 spiro atoms. The van der Waals surface area contributed by atoms with Crippen molar-refractivity contribution in [2.45, 2.75) is 104 Å². The van der Waals surface area contributed by atoms with Crippen LogP contribution in [0.2, 0.25) is 6.04 Å². The normalized spacial score (nSPS) is 12.9. The number of aliphatic hydroxyl groups is 1. The molecule has 168 valence electrons. The highest BCUT2D eigenvalue weighted by molar-refractivity contribution is 6.60. The summed E-state index contributed by atoms with van der Waals surface area (Å²) in [6.45, 7) is 10.3. The zero-order valence-corrected chi connectivity index (χ0v) is 19.8. The maximum atomic E-state index is 12.0. The average molecular weight is 420 g/mol. The third-order valence-corrected chi connectivity index (χ3v) is 7.82. The molecule has 0 heterocycles. The molecule has 0 aromatic carbocycles. The number of nitrogens with one attached hydrogen (secondary N) is 1. The van der Waals surface area contributed by atoms with Crippen LogP contribution in [0.4, 0.5) is 0 Å². The van der Waals surface area contributed by atoms with Gasteiger partial charge in [-0.05, 0) is 40.0 Å². The van der Waals surface area contributed by atoms with E-state index in [1.165, 1.54) is 32.1 Å². The molecule has 28 heavy (non-hydrogen) atoms. The van der Waals surface area contributed by atoms with Crippen molar-refractivity contribution in [3.8, 4) is 0 Å². The second-order valence-corrected chi connectivity index (χ2v) is 9.92. The Bertz CT molecular complexity index is 354. The minimum Gasteiger partial charge on any atom is -0.393 e. The van der Waals surface area contributed by atoms with Gasteiger partial charge < -0.3 is 23.7 Å². The van der Waals surface area contributed by atoms with E-state index in [1.54, 1.807) is 0 Å². The van der Waals surface area contributed by atoms with Gasteiger partial charge in [-0.2, -0.15) is 0 Å². The Balaban J connectivity index is 3.89. The lowest BCUT2D eigenvalue weighted by molar-refractivity contribution is -0.121. The number of carbonyl (C=O) groups excluding carboxylic acids is 1. The van der Waals surface area contributed by atoms with Crippen molar-refractivity contribution in [1.29, 1.82) is 0 Å². The van der Waals surface area contributed by atoms with Crippen molar-refractivity contribution in [3.05, 3.63) is 0 Å². The predicted molar refractivity (Wildman–Crippen MR) is 116 cm³/mol. The van der Waals surface area contributed by atoms with E-state index >= 15 is 0 Å². The lowest BCUT2D eigenvalue weighted by Crippen LogP contribution is -2.46. The lowest BCUT2D eigenvalue weighted by atomic mass is 10.0. The maximum absolute atomic E-state index is 12.0. The van der Waals surface area contributed by atoms with Crippen molar-refractivity contribution in [3.63, 3.8) is 0 Å². The first-order chi connectivity index (χ1) is 13.5. The molecule has 0 aliphatic rings. The summed E-state index contributed by atoms with van der Waals surface area (Å²) in [6.07, 6.45) is 9.41. The summed E-state index contributed by atoms with van der Waals surface area (Å²) < 4.78 is 17.4. The Morgan fingerprint density at radius 2 is 1.43 bits per heavy atom. The fourth-order valence-corrected chi connectivity index (χ4v) is 5.84. The zero-order valence-electron chi connectivity index (χ0n) is 18.8. The number of unbranched alkanes of at least 4 members (excludes halogenated alkanes) is 5. The highest BCUT2D eigenvalue weighted by Crippen LogP contribution is 2.18. The van der Waals surface area contributed by atoms with Gasteiger partial charge in [-0.25, -0.2) is 0 Å². The molecule has 1 unspecified atom stereocenters. The number of hydrogen-bond donors (Lipinski definition) is 2. The predicted octanol–water partition coefficient (Wildman–Crippen LogP) is 4.43. The summed E-state index contributed by atoms with van der Waals surface area (Å²) in [4.78, 5) is 12.0. The number of aliphatic hydroxyl groups excluding tert-OH is 1. The van der Waals surface area contributed by atoms with E-state index in [1.807, 2.05) is 20.8 Å². The third kappa shape index (κ3) is 14.5. The standard InChI is InChI=1S/C21H45NO5Si/c1-5-9-10-11-12-13-15-20(23)16-17-21(24)22-18-14-19-28(25-6-2,26-7-3)27-8-4/h20,23H,5-19H2,1-4H3,(H,22,24). The topological polar surface area (TPSA) is 77.0 Å². The minimum absolute atomic E-state index is 0.00140. The molecule has 0 saturated heterocycles. The Morgan fingerprint density at radius 1 is 0.857 bits per heavy atom. The monoisotopic (exact) mass is 419 g/mol. The summed E-state index contributed by atoms with van der Waals surface area (Å²) in [6, 6.07) is 0.698. The lowest BCUT2D eigenvalue weighted by Gasteiger charge is -2.28. The van der Waals surface area contributed by atoms with Crippen LogP contribution in [0.3, 0.4) is 0 Å². The van der Waals surface area contributed by atoms with Gasteiger partial charge in [0.2, 0.25) is 5.91 Å². The van der Waals surface area contributed by atoms with Crippen molar-refractivity contribution < 1.29 is 23.2 Å². The molecule has 6 nitrogen and oxygen atoms in total. The van der Waals surface area contributed by atoms with Crippen LogP contribution in [0.15, 0.2) is 0 Å². The third-order valence-electron chi connectivity index (χ3n) is 4.67. The smallest absolute Gasteiger partial charge is 0.393 e. The highest BCUT2D eigenvalue weighted by Gasteiger charge is 2.39. The van der Waals surface area contributed by atoms with Crippen LogP contribution in [-0.4, -0.2) is 52.3 Å².